The molecule has 0 unspecified atom stereocenters. The molecule has 2 aliphatic carbocycles. The lowest BCUT2D eigenvalue weighted by atomic mass is 9.55. The van der Waals surface area contributed by atoms with Gasteiger partial charge in [0.15, 0.2) is 0 Å². The van der Waals surface area contributed by atoms with E-state index in [-0.39, 0.29) is 76.5 Å². The number of oxime groups is 1. The molecule has 3 N–H and O–H groups in total. The second-order valence-corrected chi connectivity index (χ2v) is 19.6. The normalized spacial score (nSPS) is 21.8. The Hall–Kier alpha value is -5.04. The molecule has 1 heterocycles. The van der Waals surface area contributed by atoms with E-state index in [9.17, 15) is 15.3 Å². The summed E-state index contributed by atoms with van der Waals surface area (Å²) in [5.41, 5.74) is 3.70. The first-order valence-corrected chi connectivity index (χ1v) is 26.8. The monoisotopic (exact) mass is 973 g/mol. The molecule has 0 spiro atoms. The Balaban J connectivity index is 1.35. The molecule has 6 atom stereocenters. The second kappa shape index (κ2) is 28.3. The van der Waals surface area contributed by atoms with E-state index >= 15 is 4.79 Å². The van der Waals surface area contributed by atoms with Gasteiger partial charge in [0, 0.05) is 44.1 Å². The molecule has 3 aliphatic rings. The maximum atomic E-state index is 15.1. The van der Waals surface area contributed by atoms with Gasteiger partial charge in [-0.05, 0) is 96.2 Å². The van der Waals surface area contributed by atoms with Crippen molar-refractivity contribution in [3.63, 3.8) is 0 Å². The molecule has 0 saturated heterocycles. The minimum absolute atomic E-state index is 0.00799. The van der Waals surface area contributed by atoms with Crippen LogP contribution in [0, 0.1) is 17.8 Å². The van der Waals surface area contributed by atoms with E-state index < -0.39 is 17.7 Å². The maximum Gasteiger partial charge on any atom is 0.239 e. The van der Waals surface area contributed by atoms with E-state index in [1.807, 2.05) is 65.6 Å². The highest BCUT2D eigenvalue weighted by atomic mass is 16.7. The van der Waals surface area contributed by atoms with Crippen molar-refractivity contribution in [1.29, 1.82) is 0 Å². The summed E-state index contributed by atoms with van der Waals surface area (Å²) in [4.78, 5) is 23.3. The largest absolute Gasteiger partial charge is 0.459 e. The minimum Gasteiger partial charge on any atom is -0.459 e. The molecule has 11 nitrogen and oxygen atoms in total. The summed E-state index contributed by atoms with van der Waals surface area (Å²) >= 11 is 0. The van der Waals surface area contributed by atoms with Crippen molar-refractivity contribution < 1.29 is 43.9 Å². The Labute approximate surface area is 422 Å². The summed E-state index contributed by atoms with van der Waals surface area (Å²) in [6, 6.07) is 29.8. The third-order valence-corrected chi connectivity index (χ3v) is 14.8. The number of carbonyl (C=O) groups excluding carboxylic acids is 1. The van der Waals surface area contributed by atoms with E-state index in [1.165, 1.54) is 38.5 Å². The van der Waals surface area contributed by atoms with E-state index in [0.717, 1.165) is 83.9 Å². The van der Waals surface area contributed by atoms with Crippen LogP contribution in [-0.2, 0) is 25.7 Å². The van der Waals surface area contributed by atoms with Crippen molar-refractivity contribution in [2.45, 2.75) is 140 Å². The van der Waals surface area contributed by atoms with Crippen LogP contribution in [0.25, 0.3) is 10.8 Å². The Bertz CT molecular complexity index is 2320. The summed E-state index contributed by atoms with van der Waals surface area (Å²) in [6.45, 7) is 7.49. The second-order valence-electron chi connectivity index (χ2n) is 19.6. The van der Waals surface area contributed by atoms with Crippen molar-refractivity contribution in [1.82, 2.24) is 4.90 Å². The lowest BCUT2D eigenvalue weighted by Crippen LogP contribution is -2.70. The third-order valence-electron chi connectivity index (χ3n) is 14.8. The van der Waals surface area contributed by atoms with Gasteiger partial charge in [-0.3, -0.25) is 4.79 Å². The number of ether oxygens (including phenoxy) is 4. The van der Waals surface area contributed by atoms with Crippen LogP contribution in [0.2, 0.25) is 0 Å². The molecule has 384 valence electrons. The number of nitrogens with zero attached hydrogens (tertiary/aromatic N) is 2. The molecule has 71 heavy (non-hydrogen) atoms. The summed E-state index contributed by atoms with van der Waals surface area (Å²) in [5.74, 6) is 0.135. The number of hydrogen-bond donors (Lipinski definition) is 3. The van der Waals surface area contributed by atoms with Gasteiger partial charge in [0.25, 0.3) is 0 Å². The van der Waals surface area contributed by atoms with Crippen molar-refractivity contribution >= 4 is 22.4 Å². The Morgan fingerprint density at radius 3 is 2.24 bits per heavy atom. The summed E-state index contributed by atoms with van der Waals surface area (Å²) in [7, 11) is 0. The minimum atomic E-state index is -1.40. The van der Waals surface area contributed by atoms with E-state index in [0.29, 0.717) is 37.2 Å². The topological polar surface area (TPSA) is 140 Å². The molecular weight excluding hydrogens is 893 g/mol. The first-order chi connectivity index (χ1) is 34.9. The van der Waals surface area contributed by atoms with Crippen LogP contribution in [0.5, 0.6) is 17.2 Å². The number of carbonyl (C=O) groups is 1. The van der Waals surface area contributed by atoms with Crippen LogP contribution in [0.3, 0.4) is 0 Å². The lowest BCUT2D eigenvalue weighted by Gasteiger charge is -2.60. The van der Waals surface area contributed by atoms with Gasteiger partial charge in [-0.1, -0.05) is 149 Å². The lowest BCUT2D eigenvalue weighted by molar-refractivity contribution is -0.258. The van der Waals surface area contributed by atoms with Gasteiger partial charge in [0.05, 0.1) is 38.1 Å². The standard InChI is InChI=1S/C60H80N2O9/c1-3-5-6-7-8-9-10-11-15-28-57(66)62(33-38-67-39-36-65)56-43-54(61-69-44-45-22-13-12-14-23-45)52-41-48(26-18-20-34-63)51(27-19-21-35-64)58-53-42-50(70-49-30-29-46-24-16-17-25-47(46)40-49)31-32-55(53)71-60(56,59(52)58)68-37-4-2/h4,12-14,16-17,22-25,29-32,40-42,48,51,56,58-59,63-65H,2-3,5-11,15,18-21,26-28,33-39,43-44H2,1H3/t48-,51+,56-,58+,59+,60+/m0/s1. The Morgan fingerprint density at radius 1 is 0.789 bits per heavy atom. The highest BCUT2D eigenvalue weighted by Gasteiger charge is 2.65. The molecule has 0 radical (unpaired) electrons. The van der Waals surface area contributed by atoms with Crippen molar-refractivity contribution in [2.75, 3.05) is 46.2 Å². The number of aliphatic hydroxyl groups excluding tert-OH is 3. The highest BCUT2D eigenvalue weighted by Crippen LogP contribution is 2.62. The zero-order valence-corrected chi connectivity index (χ0v) is 42.3. The highest BCUT2D eigenvalue weighted by molar-refractivity contribution is 6.03. The molecule has 1 amide bonds. The zero-order chi connectivity index (χ0) is 49.7. The fourth-order valence-corrected chi connectivity index (χ4v) is 11.4. The van der Waals surface area contributed by atoms with Crippen LogP contribution in [0.1, 0.15) is 133 Å². The molecule has 11 heteroatoms. The summed E-state index contributed by atoms with van der Waals surface area (Å²) < 4.78 is 27.4. The van der Waals surface area contributed by atoms with Crippen molar-refractivity contribution in [3.8, 4) is 17.2 Å². The number of amides is 1. The van der Waals surface area contributed by atoms with Gasteiger partial charge in [0.1, 0.15) is 29.9 Å². The number of unbranched alkanes of at least 4 members (excludes halogenated alkanes) is 10. The summed E-state index contributed by atoms with van der Waals surface area (Å²) in [5, 5.41) is 37.1. The van der Waals surface area contributed by atoms with Gasteiger partial charge >= 0.3 is 0 Å². The third kappa shape index (κ3) is 14.1. The predicted octanol–water partition coefficient (Wildman–Crippen LogP) is 12.2. The predicted molar refractivity (Wildman–Crippen MR) is 282 cm³/mol. The molecule has 1 fully saturated rings. The van der Waals surface area contributed by atoms with Gasteiger partial charge < -0.3 is 44.0 Å². The zero-order valence-electron chi connectivity index (χ0n) is 42.3. The number of benzene rings is 4. The van der Waals surface area contributed by atoms with Gasteiger partial charge in [-0.2, -0.15) is 0 Å². The van der Waals surface area contributed by atoms with Gasteiger partial charge in [0.2, 0.25) is 11.7 Å². The van der Waals surface area contributed by atoms with Crippen molar-refractivity contribution in [2.24, 2.45) is 22.9 Å². The number of aliphatic hydroxyl groups is 3. The quantitative estimate of drug-likeness (QED) is 0.0248. The van der Waals surface area contributed by atoms with Crippen LogP contribution in [-0.4, -0.2) is 89.9 Å². The molecule has 7 rings (SSSR count). The van der Waals surface area contributed by atoms with Crippen LogP contribution in [0.15, 0.2) is 120 Å². The van der Waals surface area contributed by atoms with Gasteiger partial charge in [-0.15, -0.1) is 6.58 Å². The molecule has 0 bridgehead atoms. The number of rotatable bonds is 32. The molecule has 4 aromatic carbocycles. The first-order valence-electron chi connectivity index (χ1n) is 26.8. The average Bonchev–Trinajstić information content (AvgIpc) is 3.39. The van der Waals surface area contributed by atoms with E-state index in [2.05, 4.69) is 49.9 Å². The number of hydrogen-bond acceptors (Lipinski definition) is 10. The van der Waals surface area contributed by atoms with Crippen molar-refractivity contribution in [3.05, 3.63) is 126 Å². The molecule has 0 aromatic heterocycles. The fourth-order valence-electron chi connectivity index (χ4n) is 11.4. The SMILES string of the molecule is C=CCO[C@@]12Oc3ccc(Oc4ccc5ccccc5c4)cc3[C@H]3[C@H](CCCCO)[C@@H](CCCCO)C=C(C(=NOCc4ccccc4)C[C@@H]1N(CCOCCO)C(=O)CCCCCCCCCCC)[C@H]32. The first kappa shape index (κ1) is 53.8. The Morgan fingerprint density at radius 2 is 1.49 bits per heavy atom. The molecule has 4 aromatic rings. The van der Waals surface area contributed by atoms with E-state index in [4.69, 9.17) is 28.9 Å². The average molecular weight is 973 g/mol. The maximum absolute atomic E-state index is 15.1. The number of fused-ring (bicyclic) bond motifs is 3. The van der Waals surface area contributed by atoms with Gasteiger partial charge in [-0.25, -0.2) is 0 Å². The Kier molecular flexibility index (Phi) is 21.4. The summed E-state index contributed by atoms with van der Waals surface area (Å²) in [6.07, 6.45) is 19.7. The van der Waals surface area contributed by atoms with Crippen LogP contribution in [0.4, 0.5) is 0 Å². The smallest absolute Gasteiger partial charge is 0.239 e. The van der Waals surface area contributed by atoms with E-state index in [1.54, 1.807) is 6.08 Å². The molecular formula is C60H80N2O9. The molecule has 1 saturated carbocycles. The fraction of sp³-hybridized carbons (Fsp3) is 0.533. The van der Waals surface area contributed by atoms with Crippen LogP contribution < -0.4 is 9.47 Å². The van der Waals surface area contributed by atoms with Crippen LogP contribution >= 0.6 is 0 Å². The number of allylic oxidation sites excluding steroid dienone is 1. The molecule has 1 aliphatic heterocycles.